The van der Waals surface area contributed by atoms with Crippen molar-refractivity contribution in [3.05, 3.63) is 47.7 Å². The van der Waals surface area contributed by atoms with E-state index in [0.717, 1.165) is 5.56 Å². The number of nitrogens with zero attached hydrogens (tertiary/aromatic N) is 1. The minimum atomic E-state index is -0.280. The molecule has 0 aliphatic heterocycles. The zero-order valence-electron chi connectivity index (χ0n) is 13.6. The van der Waals surface area contributed by atoms with E-state index in [1.165, 1.54) is 7.11 Å². The number of hydrogen-bond acceptors (Lipinski definition) is 5. The molecule has 2 aromatic rings. The maximum absolute atomic E-state index is 12.5. The van der Waals surface area contributed by atoms with E-state index in [1.54, 1.807) is 38.6 Å². The molecule has 23 heavy (non-hydrogen) atoms. The second-order valence-corrected chi connectivity index (χ2v) is 4.86. The normalized spacial score (nSPS) is 11.5. The van der Waals surface area contributed by atoms with Gasteiger partial charge < -0.3 is 19.5 Å². The van der Waals surface area contributed by atoms with Gasteiger partial charge in [-0.1, -0.05) is 0 Å². The van der Waals surface area contributed by atoms with Gasteiger partial charge in [0.2, 0.25) is 5.88 Å². The molecule has 0 spiro atoms. The molecule has 1 amide bonds. The number of hydrogen-bond donors (Lipinski definition) is 1. The smallest absolute Gasteiger partial charge is 0.257 e. The van der Waals surface area contributed by atoms with Crippen LogP contribution in [0.5, 0.6) is 17.4 Å². The van der Waals surface area contributed by atoms with Gasteiger partial charge in [0.25, 0.3) is 5.91 Å². The quantitative estimate of drug-likeness (QED) is 0.887. The summed E-state index contributed by atoms with van der Waals surface area (Å²) in [6, 6.07) is 8.52. The summed E-state index contributed by atoms with van der Waals surface area (Å²) in [5.41, 5.74) is 1.20. The van der Waals surface area contributed by atoms with Gasteiger partial charge in [0.15, 0.2) is 0 Å². The first-order valence-corrected chi connectivity index (χ1v) is 7.12. The molecule has 0 aliphatic carbocycles. The van der Waals surface area contributed by atoms with Crippen LogP contribution >= 0.6 is 0 Å². The highest BCUT2D eigenvalue weighted by molar-refractivity contribution is 5.96. The van der Waals surface area contributed by atoms with Gasteiger partial charge in [-0.05, 0) is 37.3 Å². The van der Waals surface area contributed by atoms with Crippen LogP contribution in [0, 0.1) is 0 Å². The molecule has 2 rings (SSSR count). The fraction of sp³-hybridized carbons (Fsp3) is 0.294. The van der Waals surface area contributed by atoms with Gasteiger partial charge in [-0.25, -0.2) is 4.98 Å². The predicted octanol–water partition coefficient (Wildman–Crippen LogP) is 2.60. The number of nitrogens with one attached hydrogen (secondary N) is 1. The summed E-state index contributed by atoms with van der Waals surface area (Å²) in [5.74, 6) is 1.39. The molecule has 1 heterocycles. The van der Waals surface area contributed by atoms with Crippen molar-refractivity contribution >= 4 is 5.91 Å². The topological polar surface area (TPSA) is 69.7 Å². The summed E-state index contributed by atoms with van der Waals surface area (Å²) >= 11 is 0. The first-order valence-electron chi connectivity index (χ1n) is 7.12. The molecule has 1 aromatic heterocycles. The van der Waals surface area contributed by atoms with Crippen LogP contribution in [0.15, 0.2) is 36.5 Å². The van der Waals surface area contributed by atoms with Crippen LogP contribution in [-0.2, 0) is 0 Å². The van der Waals surface area contributed by atoms with E-state index in [0.29, 0.717) is 17.1 Å². The first kappa shape index (κ1) is 16.6. The lowest BCUT2D eigenvalue weighted by Gasteiger charge is -2.18. The van der Waals surface area contributed by atoms with Crippen molar-refractivity contribution in [2.75, 3.05) is 21.3 Å². The van der Waals surface area contributed by atoms with Crippen molar-refractivity contribution in [3.8, 4) is 17.4 Å². The first-order chi connectivity index (χ1) is 11.1. The Bertz CT molecular complexity index is 688. The minimum absolute atomic E-state index is 0.271. The van der Waals surface area contributed by atoms with E-state index in [2.05, 4.69) is 10.3 Å². The standard InChI is InChI=1S/C17H20N2O4/c1-11(14-10-12(21-2)7-8-15(14)22-3)19-16(20)13-6-5-9-18-17(13)23-4/h5-11H,1-4H3,(H,19,20). The van der Waals surface area contributed by atoms with Gasteiger partial charge in [0.1, 0.15) is 17.1 Å². The third kappa shape index (κ3) is 3.71. The lowest BCUT2D eigenvalue weighted by Crippen LogP contribution is -2.27. The SMILES string of the molecule is COc1ccc(OC)c(C(C)NC(=O)c2cccnc2OC)c1. The molecular formula is C17H20N2O4. The van der Waals surface area contributed by atoms with Gasteiger partial charge in [-0.2, -0.15) is 0 Å². The molecule has 1 unspecified atom stereocenters. The maximum Gasteiger partial charge on any atom is 0.257 e. The van der Waals surface area contributed by atoms with Crippen molar-refractivity contribution in [2.45, 2.75) is 13.0 Å². The molecule has 1 atom stereocenters. The molecule has 0 fully saturated rings. The van der Waals surface area contributed by atoms with Gasteiger partial charge in [0, 0.05) is 11.8 Å². The maximum atomic E-state index is 12.5. The highest BCUT2D eigenvalue weighted by Crippen LogP contribution is 2.29. The Kier molecular flexibility index (Phi) is 5.41. The second kappa shape index (κ2) is 7.49. The van der Waals surface area contributed by atoms with Crippen molar-refractivity contribution in [1.82, 2.24) is 10.3 Å². The second-order valence-electron chi connectivity index (χ2n) is 4.86. The number of benzene rings is 1. The van der Waals surface area contributed by atoms with Crippen LogP contribution in [0.1, 0.15) is 28.9 Å². The van der Waals surface area contributed by atoms with Crippen LogP contribution < -0.4 is 19.5 Å². The molecule has 0 saturated heterocycles. The number of ether oxygens (including phenoxy) is 3. The zero-order valence-corrected chi connectivity index (χ0v) is 13.6. The van der Waals surface area contributed by atoms with Crippen molar-refractivity contribution in [2.24, 2.45) is 0 Å². The summed E-state index contributed by atoms with van der Waals surface area (Å²) in [4.78, 5) is 16.5. The average Bonchev–Trinajstić information content (AvgIpc) is 2.60. The predicted molar refractivity (Wildman–Crippen MR) is 86.2 cm³/mol. The van der Waals surface area contributed by atoms with Crippen LogP contribution in [0.25, 0.3) is 0 Å². The molecule has 122 valence electrons. The van der Waals surface area contributed by atoms with Crippen molar-refractivity contribution in [3.63, 3.8) is 0 Å². The van der Waals surface area contributed by atoms with Crippen LogP contribution in [0.3, 0.4) is 0 Å². The van der Waals surface area contributed by atoms with Crippen molar-refractivity contribution < 1.29 is 19.0 Å². The lowest BCUT2D eigenvalue weighted by molar-refractivity contribution is 0.0935. The number of methoxy groups -OCH3 is 3. The molecule has 0 saturated carbocycles. The molecule has 1 N–H and O–H groups in total. The summed E-state index contributed by atoms with van der Waals surface area (Å²) in [7, 11) is 4.66. The molecule has 6 nitrogen and oxygen atoms in total. The van der Waals surface area contributed by atoms with E-state index in [-0.39, 0.29) is 17.8 Å². The number of carbonyl (C=O) groups excluding carboxylic acids is 1. The van der Waals surface area contributed by atoms with E-state index in [4.69, 9.17) is 14.2 Å². The molecule has 0 bridgehead atoms. The van der Waals surface area contributed by atoms with E-state index in [1.807, 2.05) is 19.1 Å². The van der Waals surface area contributed by atoms with Crippen LogP contribution in [-0.4, -0.2) is 32.2 Å². The number of carbonyl (C=O) groups is 1. The summed E-state index contributed by atoms with van der Waals surface area (Å²) < 4.78 is 15.7. The Balaban J connectivity index is 2.24. The number of amides is 1. The Labute approximate surface area is 135 Å². The lowest BCUT2D eigenvalue weighted by atomic mass is 10.1. The van der Waals surface area contributed by atoms with E-state index < -0.39 is 0 Å². The molecular weight excluding hydrogens is 296 g/mol. The molecule has 0 aliphatic rings. The van der Waals surface area contributed by atoms with Crippen molar-refractivity contribution in [1.29, 1.82) is 0 Å². The fourth-order valence-electron chi connectivity index (χ4n) is 2.26. The summed E-state index contributed by atoms with van der Waals surface area (Å²) in [5, 5.41) is 2.92. The number of aromatic nitrogens is 1. The van der Waals surface area contributed by atoms with Gasteiger partial charge >= 0.3 is 0 Å². The minimum Gasteiger partial charge on any atom is -0.497 e. The highest BCUT2D eigenvalue weighted by Gasteiger charge is 2.18. The Morgan fingerprint density at radius 1 is 1.13 bits per heavy atom. The Morgan fingerprint density at radius 2 is 1.91 bits per heavy atom. The molecule has 6 heteroatoms. The fourth-order valence-corrected chi connectivity index (χ4v) is 2.26. The number of pyridine rings is 1. The van der Waals surface area contributed by atoms with Gasteiger partial charge in [-0.15, -0.1) is 0 Å². The largest absolute Gasteiger partial charge is 0.497 e. The highest BCUT2D eigenvalue weighted by atomic mass is 16.5. The molecule has 1 aromatic carbocycles. The average molecular weight is 316 g/mol. The van der Waals surface area contributed by atoms with Crippen LogP contribution in [0.4, 0.5) is 0 Å². The Hall–Kier alpha value is -2.76. The summed E-state index contributed by atoms with van der Waals surface area (Å²) in [6.07, 6.45) is 1.57. The Morgan fingerprint density at radius 3 is 2.57 bits per heavy atom. The zero-order chi connectivity index (χ0) is 16.8. The third-order valence-corrected chi connectivity index (χ3v) is 3.46. The number of rotatable bonds is 6. The van der Waals surface area contributed by atoms with Crippen LogP contribution in [0.2, 0.25) is 0 Å². The molecule has 0 radical (unpaired) electrons. The van der Waals surface area contributed by atoms with E-state index >= 15 is 0 Å². The van der Waals surface area contributed by atoms with Gasteiger partial charge in [-0.3, -0.25) is 4.79 Å². The summed E-state index contributed by atoms with van der Waals surface area (Å²) in [6.45, 7) is 1.87. The van der Waals surface area contributed by atoms with Gasteiger partial charge in [0.05, 0.1) is 27.4 Å². The monoisotopic (exact) mass is 316 g/mol. The third-order valence-electron chi connectivity index (χ3n) is 3.46. The van der Waals surface area contributed by atoms with E-state index in [9.17, 15) is 4.79 Å².